The molecular weight excluding hydrogens is 258 g/mol. The van der Waals surface area contributed by atoms with Crippen molar-refractivity contribution in [3.05, 3.63) is 47.0 Å². The molecule has 0 atom stereocenters. The van der Waals surface area contributed by atoms with E-state index in [2.05, 4.69) is 26.4 Å². The van der Waals surface area contributed by atoms with Crippen molar-refractivity contribution in [2.45, 2.75) is 6.54 Å². The molecule has 2 N–H and O–H groups in total. The van der Waals surface area contributed by atoms with Crippen LogP contribution in [0.1, 0.15) is 5.56 Å². The van der Waals surface area contributed by atoms with E-state index < -0.39 is 0 Å². The van der Waals surface area contributed by atoms with Crippen LogP contribution >= 0.6 is 15.9 Å². The Balaban J connectivity index is 2.35. The zero-order valence-electron chi connectivity index (χ0n) is 7.89. The third kappa shape index (κ3) is 2.26. The summed E-state index contributed by atoms with van der Waals surface area (Å²) in [5, 5.41) is 8.58. The Morgan fingerprint density at radius 3 is 2.93 bits per heavy atom. The van der Waals surface area contributed by atoms with Gasteiger partial charge < -0.3 is 9.77 Å². The van der Waals surface area contributed by atoms with Gasteiger partial charge in [-0.3, -0.25) is 0 Å². The van der Waals surface area contributed by atoms with Crippen LogP contribution < -0.4 is 5.48 Å². The molecule has 1 aromatic heterocycles. The molecule has 1 heterocycles. The van der Waals surface area contributed by atoms with E-state index in [4.69, 9.17) is 5.21 Å². The first-order valence-electron chi connectivity index (χ1n) is 4.45. The highest BCUT2D eigenvalue weighted by Crippen LogP contribution is 2.22. The van der Waals surface area contributed by atoms with Gasteiger partial charge in [-0.15, -0.1) is 0 Å². The second-order valence-electron chi connectivity index (χ2n) is 3.09. The van der Waals surface area contributed by atoms with Crippen molar-refractivity contribution in [1.29, 1.82) is 0 Å². The Hall–Kier alpha value is -1.17. The summed E-state index contributed by atoms with van der Waals surface area (Å²) in [6.45, 7) is 0.433. The lowest BCUT2D eigenvalue weighted by Gasteiger charge is -2.07. The van der Waals surface area contributed by atoms with Crippen LogP contribution in [0.25, 0.3) is 5.69 Å². The molecule has 0 unspecified atom stereocenters. The predicted molar refractivity (Wildman–Crippen MR) is 59.9 cm³/mol. The second kappa shape index (κ2) is 4.57. The maximum absolute atomic E-state index is 8.58. The number of halogens is 1. The molecule has 4 nitrogen and oxygen atoms in total. The third-order valence-corrected chi connectivity index (χ3v) is 2.71. The SMILES string of the molecule is ONCc1ccc(-n2ccnc2)c(Br)c1. The summed E-state index contributed by atoms with van der Waals surface area (Å²) in [7, 11) is 0. The maximum atomic E-state index is 8.58. The van der Waals surface area contributed by atoms with Crippen LogP contribution in [0, 0.1) is 0 Å². The summed E-state index contributed by atoms with van der Waals surface area (Å²) >= 11 is 3.48. The molecule has 0 saturated heterocycles. The summed E-state index contributed by atoms with van der Waals surface area (Å²) in [6, 6.07) is 5.88. The van der Waals surface area contributed by atoms with Crippen molar-refractivity contribution in [2.24, 2.45) is 0 Å². The van der Waals surface area contributed by atoms with Gasteiger partial charge in [0, 0.05) is 23.4 Å². The largest absolute Gasteiger partial charge is 0.316 e. The molecule has 5 heteroatoms. The molecule has 1 aromatic carbocycles. The zero-order chi connectivity index (χ0) is 10.7. The van der Waals surface area contributed by atoms with Gasteiger partial charge in [-0.1, -0.05) is 6.07 Å². The van der Waals surface area contributed by atoms with Crippen LogP contribution in [0.5, 0.6) is 0 Å². The molecule has 78 valence electrons. The molecule has 0 radical (unpaired) electrons. The van der Waals surface area contributed by atoms with E-state index in [1.165, 1.54) is 0 Å². The highest BCUT2D eigenvalue weighted by Gasteiger charge is 2.02. The zero-order valence-corrected chi connectivity index (χ0v) is 9.48. The number of aromatic nitrogens is 2. The van der Waals surface area contributed by atoms with E-state index in [1.54, 1.807) is 12.5 Å². The number of hydroxylamine groups is 1. The van der Waals surface area contributed by atoms with E-state index >= 15 is 0 Å². The van der Waals surface area contributed by atoms with Crippen LogP contribution in [0.15, 0.2) is 41.4 Å². The summed E-state index contributed by atoms with van der Waals surface area (Å²) < 4.78 is 2.88. The Morgan fingerprint density at radius 2 is 2.33 bits per heavy atom. The maximum Gasteiger partial charge on any atom is 0.0992 e. The number of nitrogens with one attached hydrogen (secondary N) is 1. The molecule has 0 aliphatic rings. The lowest BCUT2D eigenvalue weighted by Crippen LogP contribution is -2.06. The lowest BCUT2D eigenvalue weighted by atomic mass is 10.2. The Labute approximate surface area is 95.7 Å². The Kier molecular flexibility index (Phi) is 3.15. The molecule has 0 saturated carbocycles. The number of hydrogen-bond donors (Lipinski definition) is 2. The smallest absolute Gasteiger partial charge is 0.0992 e. The van der Waals surface area contributed by atoms with Gasteiger partial charge in [0.15, 0.2) is 0 Å². The van der Waals surface area contributed by atoms with Gasteiger partial charge in [0.05, 0.1) is 12.0 Å². The third-order valence-electron chi connectivity index (χ3n) is 2.08. The molecule has 0 bridgehead atoms. The lowest BCUT2D eigenvalue weighted by molar-refractivity contribution is 0.161. The van der Waals surface area contributed by atoms with Gasteiger partial charge in [-0.05, 0) is 33.6 Å². The van der Waals surface area contributed by atoms with Crippen molar-refractivity contribution >= 4 is 15.9 Å². The van der Waals surface area contributed by atoms with Gasteiger partial charge >= 0.3 is 0 Å². The summed E-state index contributed by atoms with van der Waals surface area (Å²) in [4.78, 5) is 3.99. The van der Waals surface area contributed by atoms with Gasteiger partial charge in [-0.25, -0.2) is 10.5 Å². The normalized spacial score (nSPS) is 10.5. The first-order chi connectivity index (χ1) is 7.31. The standard InChI is InChI=1S/C10H10BrN3O/c11-9-5-8(6-13-15)1-2-10(9)14-4-3-12-7-14/h1-5,7,13,15H,6H2. The number of hydrogen-bond acceptors (Lipinski definition) is 3. The second-order valence-corrected chi connectivity index (χ2v) is 3.94. The van der Waals surface area contributed by atoms with Gasteiger partial charge in [0.1, 0.15) is 0 Å². The van der Waals surface area contributed by atoms with Gasteiger partial charge in [0.25, 0.3) is 0 Å². The highest BCUT2D eigenvalue weighted by atomic mass is 79.9. The fourth-order valence-corrected chi connectivity index (χ4v) is 1.99. The molecule has 0 fully saturated rings. The number of imidazole rings is 1. The number of rotatable bonds is 3. The minimum absolute atomic E-state index is 0.433. The molecule has 2 rings (SSSR count). The quantitative estimate of drug-likeness (QED) is 0.838. The fourth-order valence-electron chi connectivity index (χ4n) is 1.36. The van der Waals surface area contributed by atoms with E-state index in [0.717, 1.165) is 15.7 Å². The predicted octanol–water partition coefficient (Wildman–Crippen LogP) is 2.11. The van der Waals surface area contributed by atoms with Crippen molar-refractivity contribution in [3.63, 3.8) is 0 Å². The van der Waals surface area contributed by atoms with E-state index in [1.807, 2.05) is 29.0 Å². The van der Waals surface area contributed by atoms with Crippen molar-refractivity contribution in [2.75, 3.05) is 0 Å². The van der Waals surface area contributed by atoms with Crippen molar-refractivity contribution < 1.29 is 5.21 Å². The topological polar surface area (TPSA) is 50.1 Å². The van der Waals surface area contributed by atoms with Gasteiger partial charge in [-0.2, -0.15) is 0 Å². The molecule has 0 aliphatic heterocycles. The average Bonchev–Trinajstić information content (AvgIpc) is 2.71. The monoisotopic (exact) mass is 267 g/mol. The minimum atomic E-state index is 0.433. The first-order valence-corrected chi connectivity index (χ1v) is 5.24. The van der Waals surface area contributed by atoms with E-state index in [-0.39, 0.29) is 0 Å². The number of benzene rings is 1. The molecule has 0 amide bonds. The Bertz CT molecular complexity index is 442. The van der Waals surface area contributed by atoms with E-state index in [9.17, 15) is 0 Å². The van der Waals surface area contributed by atoms with Crippen molar-refractivity contribution in [3.8, 4) is 5.69 Å². The summed E-state index contributed by atoms with van der Waals surface area (Å²) in [5.74, 6) is 0. The molecule has 0 aliphatic carbocycles. The summed E-state index contributed by atoms with van der Waals surface area (Å²) in [5.41, 5.74) is 4.16. The number of nitrogens with zero attached hydrogens (tertiary/aromatic N) is 2. The molecule has 2 aromatic rings. The van der Waals surface area contributed by atoms with Gasteiger partial charge in [0.2, 0.25) is 0 Å². The fraction of sp³-hybridized carbons (Fsp3) is 0.100. The minimum Gasteiger partial charge on any atom is -0.316 e. The first kappa shape index (κ1) is 10.4. The molecule has 0 spiro atoms. The van der Waals surface area contributed by atoms with Crippen LogP contribution in [0.4, 0.5) is 0 Å². The van der Waals surface area contributed by atoms with Crippen LogP contribution in [-0.4, -0.2) is 14.8 Å². The highest BCUT2D eigenvalue weighted by molar-refractivity contribution is 9.10. The van der Waals surface area contributed by atoms with E-state index in [0.29, 0.717) is 6.54 Å². The summed E-state index contributed by atoms with van der Waals surface area (Å²) in [6.07, 6.45) is 5.35. The van der Waals surface area contributed by atoms with Crippen LogP contribution in [0.3, 0.4) is 0 Å². The molecule has 15 heavy (non-hydrogen) atoms. The van der Waals surface area contributed by atoms with Crippen molar-refractivity contribution in [1.82, 2.24) is 15.0 Å². The average molecular weight is 268 g/mol. The van der Waals surface area contributed by atoms with Crippen LogP contribution in [-0.2, 0) is 6.54 Å². The molecular formula is C10H10BrN3O. The Morgan fingerprint density at radius 1 is 1.47 bits per heavy atom. The van der Waals surface area contributed by atoms with Crippen LogP contribution in [0.2, 0.25) is 0 Å².